The summed E-state index contributed by atoms with van der Waals surface area (Å²) in [5.74, 6) is -0.150. The van der Waals surface area contributed by atoms with Crippen LogP contribution in [0.1, 0.15) is 24.0 Å². The number of para-hydroxylation sites is 1. The average Bonchev–Trinajstić information content (AvgIpc) is 2.78. The number of fused-ring (bicyclic) bond motifs is 1. The van der Waals surface area contributed by atoms with Crippen molar-refractivity contribution in [1.82, 2.24) is 0 Å². The van der Waals surface area contributed by atoms with E-state index < -0.39 is 5.54 Å². The van der Waals surface area contributed by atoms with Crippen LogP contribution in [-0.2, 0) is 21.7 Å². The van der Waals surface area contributed by atoms with Crippen LogP contribution in [0, 0.1) is 0 Å². The molecule has 1 unspecified atom stereocenters. The van der Waals surface area contributed by atoms with Gasteiger partial charge in [0.2, 0.25) is 0 Å². The highest BCUT2D eigenvalue weighted by molar-refractivity contribution is 9.10. The molecule has 1 aliphatic heterocycles. The maximum atomic E-state index is 12.9. The Bertz CT molecular complexity index is 745. The highest BCUT2D eigenvalue weighted by atomic mass is 79.9. The van der Waals surface area contributed by atoms with Crippen molar-refractivity contribution in [3.63, 3.8) is 0 Å². The maximum Gasteiger partial charge on any atom is 0.252 e. The molecule has 2 aromatic carbocycles. The number of benzene rings is 2. The summed E-state index contributed by atoms with van der Waals surface area (Å²) < 4.78 is 0.994. The lowest BCUT2D eigenvalue weighted by Gasteiger charge is -2.23. The van der Waals surface area contributed by atoms with Gasteiger partial charge in [-0.3, -0.25) is 4.79 Å². The second-order valence-corrected chi connectivity index (χ2v) is 6.63. The highest BCUT2D eigenvalue weighted by Gasteiger charge is 2.47. The van der Waals surface area contributed by atoms with Gasteiger partial charge in [-0.1, -0.05) is 46.3 Å². The molecule has 0 saturated carbocycles. The minimum absolute atomic E-state index is 0.150. The predicted octanol–water partition coefficient (Wildman–Crippen LogP) is 3.13. The summed E-state index contributed by atoms with van der Waals surface area (Å²) in [6.45, 7) is 0.461. The van der Waals surface area contributed by atoms with Crippen molar-refractivity contribution in [2.75, 3.05) is 4.90 Å². The van der Waals surface area contributed by atoms with Gasteiger partial charge in [-0.2, -0.15) is 0 Å². The Labute approximate surface area is 143 Å². The third kappa shape index (κ3) is 2.82. The first-order chi connectivity index (χ1) is 11.1. The fourth-order valence-electron chi connectivity index (χ4n) is 3.01. The van der Waals surface area contributed by atoms with Crippen LogP contribution >= 0.6 is 15.9 Å². The largest absolute Gasteiger partial charge is 0.314 e. The Hall–Kier alpha value is -1.98. The molecule has 0 radical (unpaired) electrons. The lowest BCUT2D eigenvalue weighted by molar-refractivity contribution is -0.123. The molecule has 118 valence electrons. The molecule has 4 nitrogen and oxygen atoms in total. The molecular formula is C18H17BrN2O2. The molecule has 0 spiro atoms. The Balaban J connectivity index is 1.96. The SMILES string of the molecule is NC1(CCC=O)C(=O)N(Cc2ccc(Br)cc2)c2ccccc21. The van der Waals surface area contributed by atoms with Gasteiger partial charge in [0, 0.05) is 22.1 Å². The number of amides is 1. The van der Waals surface area contributed by atoms with Crippen LogP contribution in [0.5, 0.6) is 0 Å². The van der Waals surface area contributed by atoms with Crippen LogP contribution < -0.4 is 10.6 Å². The summed E-state index contributed by atoms with van der Waals surface area (Å²) in [6, 6.07) is 15.4. The summed E-state index contributed by atoms with van der Waals surface area (Å²) in [6.07, 6.45) is 1.40. The zero-order valence-corrected chi connectivity index (χ0v) is 14.1. The summed E-state index contributed by atoms with van der Waals surface area (Å²) >= 11 is 3.41. The van der Waals surface area contributed by atoms with E-state index in [1.54, 1.807) is 4.90 Å². The predicted molar refractivity (Wildman–Crippen MR) is 92.9 cm³/mol. The number of rotatable bonds is 5. The Morgan fingerprint density at radius 2 is 1.83 bits per heavy atom. The topological polar surface area (TPSA) is 63.4 Å². The number of hydrogen-bond acceptors (Lipinski definition) is 3. The van der Waals surface area contributed by atoms with E-state index >= 15 is 0 Å². The first-order valence-electron chi connectivity index (χ1n) is 7.44. The number of hydrogen-bond donors (Lipinski definition) is 1. The van der Waals surface area contributed by atoms with Gasteiger partial charge in [-0.25, -0.2) is 0 Å². The molecule has 1 atom stereocenters. The smallest absolute Gasteiger partial charge is 0.252 e. The summed E-state index contributed by atoms with van der Waals surface area (Å²) in [7, 11) is 0. The maximum absolute atomic E-state index is 12.9. The molecule has 3 rings (SSSR count). The molecule has 5 heteroatoms. The minimum Gasteiger partial charge on any atom is -0.314 e. The van der Waals surface area contributed by atoms with E-state index in [4.69, 9.17) is 5.73 Å². The zero-order valence-electron chi connectivity index (χ0n) is 12.5. The van der Waals surface area contributed by atoms with Crippen molar-refractivity contribution in [3.05, 3.63) is 64.1 Å². The Morgan fingerprint density at radius 3 is 2.52 bits per heavy atom. The third-order valence-electron chi connectivity index (χ3n) is 4.21. The number of carbonyl (C=O) groups excluding carboxylic acids is 2. The van der Waals surface area contributed by atoms with Gasteiger partial charge in [-0.15, -0.1) is 0 Å². The van der Waals surface area contributed by atoms with E-state index in [1.165, 1.54) is 0 Å². The monoisotopic (exact) mass is 372 g/mol. The normalized spacial score (nSPS) is 19.7. The fraction of sp³-hybridized carbons (Fsp3) is 0.222. The van der Waals surface area contributed by atoms with Crippen LogP contribution in [-0.4, -0.2) is 12.2 Å². The van der Waals surface area contributed by atoms with E-state index in [1.807, 2.05) is 48.5 Å². The molecule has 0 bridgehead atoms. The van der Waals surface area contributed by atoms with Crippen LogP contribution in [0.15, 0.2) is 53.0 Å². The van der Waals surface area contributed by atoms with Gasteiger partial charge in [-0.05, 0) is 30.2 Å². The second-order valence-electron chi connectivity index (χ2n) is 5.71. The number of anilines is 1. The molecular weight excluding hydrogens is 356 g/mol. The number of aldehydes is 1. The van der Waals surface area contributed by atoms with Crippen LogP contribution in [0.25, 0.3) is 0 Å². The van der Waals surface area contributed by atoms with Gasteiger partial charge in [0.05, 0.1) is 6.54 Å². The average molecular weight is 373 g/mol. The van der Waals surface area contributed by atoms with Crippen molar-refractivity contribution in [2.45, 2.75) is 24.9 Å². The van der Waals surface area contributed by atoms with Gasteiger partial charge in [0.25, 0.3) is 5.91 Å². The number of halogens is 1. The highest BCUT2D eigenvalue weighted by Crippen LogP contribution is 2.41. The third-order valence-corrected chi connectivity index (χ3v) is 4.74. The molecule has 0 fully saturated rings. The van der Waals surface area contributed by atoms with E-state index in [-0.39, 0.29) is 12.3 Å². The van der Waals surface area contributed by atoms with Crippen molar-refractivity contribution in [3.8, 4) is 0 Å². The quantitative estimate of drug-likeness (QED) is 0.820. The van der Waals surface area contributed by atoms with Gasteiger partial charge in [0.1, 0.15) is 11.8 Å². The van der Waals surface area contributed by atoms with Crippen molar-refractivity contribution >= 4 is 33.8 Å². The molecule has 23 heavy (non-hydrogen) atoms. The first-order valence-corrected chi connectivity index (χ1v) is 8.24. The summed E-state index contributed by atoms with van der Waals surface area (Å²) in [5, 5.41) is 0. The van der Waals surface area contributed by atoms with Gasteiger partial charge < -0.3 is 15.4 Å². The molecule has 2 N–H and O–H groups in total. The molecule has 0 saturated heterocycles. The zero-order chi connectivity index (χ0) is 16.4. The van der Waals surface area contributed by atoms with E-state index in [2.05, 4.69) is 15.9 Å². The van der Waals surface area contributed by atoms with Gasteiger partial charge in [0.15, 0.2) is 0 Å². The van der Waals surface area contributed by atoms with Crippen molar-refractivity contribution < 1.29 is 9.59 Å². The molecule has 0 aromatic heterocycles. The summed E-state index contributed by atoms with van der Waals surface area (Å²) in [5.41, 5.74) is 7.94. The first kappa shape index (κ1) is 15.9. The Morgan fingerprint density at radius 1 is 1.13 bits per heavy atom. The van der Waals surface area contributed by atoms with Crippen LogP contribution in [0.4, 0.5) is 5.69 Å². The van der Waals surface area contributed by atoms with Crippen molar-refractivity contribution in [2.24, 2.45) is 5.73 Å². The minimum atomic E-state index is -1.12. The molecule has 1 amide bonds. The lowest BCUT2D eigenvalue weighted by Crippen LogP contribution is -2.47. The second kappa shape index (κ2) is 6.26. The summed E-state index contributed by atoms with van der Waals surface area (Å²) in [4.78, 5) is 25.4. The fourth-order valence-corrected chi connectivity index (χ4v) is 3.27. The molecule has 0 aliphatic carbocycles. The molecule has 1 aliphatic rings. The molecule has 1 heterocycles. The number of carbonyl (C=O) groups is 2. The number of nitrogens with zero attached hydrogens (tertiary/aromatic N) is 1. The standard InChI is InChI=1S/C18H17BrN2O2/c19-14-8-6-13(7-9-14)12-21-16-5-2-1-4-15(16)18(20,17(21)23)10-3-11-22/h1-2,4-9,11H,3,10,12,20H2. The van der Waals surface area contributed by atoms with Gasteiger partial charge >= 0.3 is 0 Å². The lowest BCUT2D eigenvalue weighted by atomic mass is 9.88. The van der Waals surface area contributed by atoms with Crippen molar-refractivity contribution in [1.29, 1.82) is 0 Å². The Kier molecular flexibility index (Phi) is 4.33. The van der Waals surface area contributed by atoms with Crippen LogP contribution in [0.2, 0.25) is 0 Å². The number of nitrogens with two attached hydrogens (primary N) is 1. The van der Waals surface area contributed by atoms with E-state index in [0.29, 0.717) is 13.0 Å². The van der Waals surface area contributed by atoms with E-state index in [0.717, 1.165) is 27.6 Å². The van der Waals surface area contributed by atoms with E-state index in [9.17, 15) is 9.59 Å². The molecule has 2 aromatic rings. The van der Waals surface area contributed by atoms with Crippen LogP contribution in [0.3, 0.4) is 0 Å².